The first kappa shape index (κ1) is 16.4. The molecule has 1 amide bonds. The molecule has 0 spiro atoms. The molecule has 3 unspecified atom stereocenters. The van der Waals surface area contributed by atoms with Crippen molar-refractivity contribution in [3.63, 3.8) is 0 Å². The van der Waals surface area contributed by atoms with Crippen LogP contribution in [0.1, 0.15) is 44.1 Å². The molecule has 3 fully saturated rings. The number of halogens is 1. The van der Waals surface area contributed by atoms with Crippen molar-refractivity contribution in [3.05, 3.63) is 34.9 Å². The monoisotopic (exact) mass is 346 g/mol. The topological polar surface area (TPSA) is 32.3 Å². The number of carbonyl (C=O) groups is 1. The van der Waals surface area contributed by atoms with Gasteiger partial charge in [-0.2, -0.15) is 0 Å². The van der Waals surface area contributed by atoms with Crippen LogP contribution < -0.4 is 5.32 Å². The van der Waals surface area contributed by atoms with Crippen molar-refractivity contribution < 1.29 is 4.79 Å². The van der Waals surface area contributed by atoms with Gasteiger partial charge in [-0.05, 0) is 61.6 Å². The zero-order valence-corrected chi connectivity index (χ0v) is 15.0. The van der Waals surface area contributed by atoms with Crippen LogP contribution in [0, 0.1) is 17.8 Å². The van der Waals surface area contributed by atoms with E-state index in [1.165, 1.54) is 24.8 Å². The van der Waals surface area contributed by atoms with Crippen LogP contribution >= 0.6 is 11.6 Å². The van der Waals surface area contributed by atoms with Gasteiger partial charge < -0.3 is 5.32 Å². The van der Waals surface area contributed by atoms with E-state index in [0.717, 1.165) is 49.8 Å². The Morgan fingerprint density at radius 2 is 1.83 bits per heavy atom. The third-order valence-electron chi connectivity index (χ3n) is 6.33. The van der Waals surface area contributed by atoms with Gasteiger partial charge in [0.1, 0.15) is 0 Å². The fraction of sp³-hybridized carbons (Fsp3) is 0.650. The molecule has 3 aliphatic rings. The Kier molecular flexibility index (Phi) is 4.82. The first-order valence-electron chi connectivity index (χ1n) is 9.44. The molecule has 2 saturated carbocycles. The Balaban J connectivity index is 1.23. The standard InChI is InChI=1S/C20H27ClN2O/c21-17-5-2-14(3-6-17)13-23-9-7-18(8-10-23)22-20(24)19-12-15-1-4-16(19)11-15/h2-3,5-6,15-16,18-19H,1,4,7-13H2,(H,22,24). The molecule has 4 heteroatoms. The number of nitrogens with zero attached hydrogens (tertiary/aromatic N) is 1. The van der Waals surface area contributed by atoms with Crippen molar-refractivity contribution in [1.29, 1.82) is 0 Å². The van der Waals surface area contributed by atoms with Gasteiger partial charge in [0, 0.05) is 36.6 Å². The number of rotatable bonds is 4. The van der Waals surface area contributed by atoms with Crippen molar-refractivity contribution in [3.8, 4) is 0 Å². The molecule has 130 valence electrons. The Labute approximate surface area is 149 Å². The highest BCUT2D eigenvalue weighted by Crippen LogP contribution is 2.48. The summed E-state index contributed by atoms with van der Waals surface area (Å²) in [4.78, 5) is 15.0. The van der Waals surface area contributed by atoms with Crippen molar-refractivity contribution in [2.45, 2.75) is 51.1 Å². The summed E-state index contributed by atoms with van der Waals surface area (Å²) >= 11 is 5.95. The van der Waals surface area contributed by atoms with Gasteiger partial charge >= 0.3 is 0 Å². The number of hydrogen-bond donors (Lipinski definition) is 1. The molecule has 1 N–H and O–H groups in total. The summed E-state index contributed by atoms with van der Waals surface area (Å²) < 4.78 is 0. The number of nitrogens with one attached hydrogen (secondary N) is 1. The molecule has 24 heavy (non-hydrogen) atoms. The van der Waals surface area contributed by atoms with Crippen LogP contribution in [-0.2, 0) is 11.3 Å². The lowest BCUT2D eigenvalue weighted by Gasteiger charge is -2.33. The van der Waals surface area contributed by atoms with Gasteiger partial charge in [0.2, 0.25) is 5.91 Å². The van der Waals surface area contributed by atoms with Crippen LogP contribution in [0.15, 0.2) is 24.3 Å². The minimum Gasteiger partial charge on any atom is -0.353 e. The second-order valence-electron chi connectivity index (χ2n) is 7.97. The SMILES string of the molecule is O=C(NC1CCN(Cc2ccc(Cl)cc2)CC1)C1CC2CCC1C2. The van der Waals surface area contributed by atoms with E-state index < -0.39 is 0 Å². The third kappa shape index (κ3) is 3.62. The normalized spacial score (nSPS) is 30.6. The lowest BCUT2D eigenvalue weighted by Crippen LogP contribution is -2.46. The highest BCUT2D eigenvalue weighted by atomic mass is 35.5. The summed E-state index contributed by atoms with van der Waals surface area (Å²) in [6, 6.07) is 8.49. The second kappa shape index (κ2) is 7.05. The average molecular weight is 347 g/mol. The number of carbonyl (C=O) groups excluding carboxylic acids is 1. The largest absolute Gasteiger partial charge is 0.353 e. The second-order valence-corrected chi connectivity index (χ2v) is 8.40. The van der Waals surface area contributed by atoms with E-state index in [2.05, 4.69) is 22.3 Å². The van der Waals surface area contributed by atoms with Crippen LogP contribution in [0.2, 0.25) is 5.02 Å². The van der Waals surface area contributed by atoms with Crippen molar-refractivity contribution >= 4 is 17.5 Å². The molecule has 3 nitrogen and oxygen atoms in total. The van der Waals surface area contributed by atoms with Gasteiger partial charge in [-0.15, -0.1) is 0 Å². The van der Waals surface area contributed by atoms with Gasteiger partial charge in [-0.25, -0.2) is 0 Å². The molecule has 1 aliphatic heterocycles. The number of amides is 1. The summed E-state index contributed by atoms with van der Waals surface area (Å²) in [5.74, 6) is 2.18. The first-order valence-corrected chi connectivity index (χ1v) is 9.82. The fourth-order valence-corrected chi connectivity index (χ4v) is 5.08. The first-order chi connectivity index (χ1) is 11.7. The quantitative estimate of drug-likeness (QED) is 0.897. The lowest BCUT2D eigenvalue weighted by atomic mass is 9.87. The third-order valence-corrected chi connectivity index (χ3v) is 6.58. The molecule has 2 bridgehead atoms. The zero-order valence-electron chi connectivity index (χ0n) is 14.2. The molecule has 4 rings (SSSR count). The Bertz CT molecular complexity index is 580. The smallest absolute Gasteiger partial charge is 0.223 e. The van der Waals surface area contributed by atoms with Crippen LogP contribution in [-0.4, -0.2) is 29.9 Å². The molecule has 0 radical (unpaired) electrons. The molecular weight excluding hydrogens is 320 g/mol. The summed E-state index contributed by atoms with van der Waals surface area (Å²) in [5.41, 5.74) is 1.31. The van der Waals surface area contributed by atoms with Crippen LogP contribution in [0.4, 0.5) is 0 Å². The van der Waals surface area contributed by atoms with Gasteiger partial charge in [0.25, 0.3) is 0 Å². The van der Waals surface area contributed by atoms with Gasteiger partial charge in [-0.1, -0.05) is 30.2 Å². The van der Waals surface area contributed by atoms with E-state index in [1.807, 2.05) is 12.1 Å². The Morgan fingerprint density at radius 3 is 2.46 bits per heavy atom. The van der Waals surface area contributed by atoms with Crippen LogP contribution in [0.25, 0.3) is 0 Å². The van der Waals surface area contributed by atoms with Crippen molar-refractivity contribution in [1.82, 2.24) is 10.2 Å². The minimum atomic E-state index is 0.316. The Hall–Kier alpha value is -1.06. The summed E-state index contributed by atoms with van der Waals surface area (Å²) in [6.07, 6.45) is 7.23. The van der Waals surface area contributed by atoms with E-state index in [1.54, 1.807) is 0 Å². The number of piperidine rings is 1. The van der Waals surface area contributed by atoms with E-state index >= 15 is 0 Å². The molecule has 1 aromatic rings. The molecule has 0 aromatic heterocycles. The number of benzene rings is 1. The molecule has 1 aromatic carbocycles. The molecular formula is C20H27ClN2O. The molecule has 2 aliphatic carbocycles. The zero-order chi connectivity index (χ0) is 16.5. The maximum atomic E-state index is 12.6. The summed E-state index contributed by atoms with van der Waals surface area (Å²) in [5, 5.41) is 4.15. The molecule has 1 heterocycles. The van der Waals surface area contributed by atoms with Gasteiger partial charge in [0.05, 0.1) is 0 Å². The van der Waals surface area contributed by atoms with E-state index in [-0.39, 0.29) is 0 Å². The number of hydrogen-bond acceptors (Lipinski definition) is 2. The van der Waals surface area contributed by atoms with Gasteiger partial charge in [-0.3, -0.25) is 9.69 Å². The number of fused-ring (bicyclic) bond motifs is 2. The van der Waals surface area contributed by atoms with Gasteiger partial charge in [0.15, 0.2) is 0 Å². The summed E-state index contributed by atoms with van der Waals surface area (Å²) in [7, 11) is 0. The van der Waals surface area contributed by atoms with E-state index in [0.29, 0.717) is 23.8 Å². The fourth-order valence-electron chi connectivity index (χ4n) is 4.96. The lowest BCUT2D eigenvalue weighted by molar-refractivity contribution is -0.127. The van der Waals surface area contributed by atoms with E-state index in [4.69, 9.17) is 11.6 Å². The molecule has 1 saturated heterocycles. The van der Waals surface area contributed by atoms with E-state index in [9.17, 15) is 4.79 Å². The van der Waals surface area contributed by atoms with Crippen molar-refractivity contribution in [2.24, 2.45) is 17.8 Å². The average Bonchev–Trinajstić information content (AvgIpc) is 3.22. The highest BCUT2D eigenvalue weighted by molar-refractivity contribution is 6.30. The highest BCUT2D eigenvalue weighted by Gasteiger charge is 2.43. The molecule has 3 atom stereocenters. The minimum absolute atomic E-state index is 0.316. The summed E-state index contributed by atoms with van der Waals surface area (Å²) in [6.45, 7) is 3.10. The maximum absolute atomic E-state index is 12.6. The van der Waals surface area contributed by atoms with Crippen LogP contribution in [0.3, 0.4) is 0 Å². The maximum Gasteiger partial charge on any atom is 0.223 e. The predicted octanol–water partition coefficient (Wildman–Crippen LogP) is 3.86. The Morgan fingerprint density at radius 1 is 1.08 bits per heavy atom. The number of likely N-dealkylation sites (tertiary alicyclic amines) is 1. The van der Waals surface area contributed by atoms with Crippen LogP contribution in [0.5, 0.6) is 0 Å². The predicted molar refractivity (Wildman–Crippen MR) is 96.8 cm³/mol. The van der Waals surface area contributed by atoms with Crippen molar-refractivity contribution in [2.75, 3.05) is 13.1 Å².